The van der Waals surface area contributed by atoms with Gasteiger partial charge in [0.1, 0.15) is 0 Å². The van der Waals surface area contributed by atoms with Gasteiger partial charge in [0.15, 0.2) is 0 Å². The summed E-state index contributed by atoms with van der Waals surface area (Å²) in [6.07, 6.45) is 0. The van der Waals surface area contributed by atoms with E-state index < -0.39 is 7.82 Å². The maximum absolute atomic E-state index is 8.55. The molecule has 0 amide bonds. The molecule has 6 heavy (non-hydrogen) atoms. The number of rotatable bonds is 0. The van der Waals surface area contributed by atoms with Crippen molar-refractivity contribution in [2.24, 2.45) is 0 Å². The highest BCUT2D eigenvalue weighted by Gasteiger charge is 1.44. The fourth-order valence-corrected chi connectivity index (χ4v) is 0. The average Bonchev–Trinajstić information content (AvgIpc) is 0.722. The van der Waals surface area contributed by atoms with E-state index in [1.54, 1.807) is 0 Å². The van der Waals surface area contributed by atoms with Crippen molar-refractivity contribution in [3.05, 3.63) is 0 Å². The first kappa shape index (κ1) is 9.77. The summed E-state index contributed by atoms with van der Waals surface area (Å²) in [7, 11) is -5.39. The van der Waals surface area contributed by atoms with Crippen LogP contribution in [0.1, 0.15) is 0 Å². The van der Waals surface area contributed by atoms with Gasteiger partial charge in [-0.25, -0.2) is 0 Å². The normalized spacial score (nSPS) is 9.83. The van der Waals surface area contributed by atoms with Gasteiger partial charge in [-0.05, 0) is 0 Å². The van der Waals surface area contributed by atoms with Crippen LogP contribution >= 0.6 is 7.82 Å². The van der Waals surface area contributed by atoms with Gasteiger partial charge < -0.3 is 36.2 Å². The van der Waals surface area contributed by atoms with E-state index in [1.165, 1.54) is 0 Å². The molecule has 0 bridgehead atoms. The highest BCUT2D eigenvalue weighted by Crippen LogP contribution is 2.03. The Morgan fingerprint density at radius 3 is 1.17 bits per heavy atom. The Balaban J connectivity index is 0. The SMILES string of the molecule is O=P([O-])([O-])[O-].[Br-]. The first-order valence-electron chi connectivity index (χ1n) is 0.730. The van der Waals surface area contributed by atoms with Gasteiger partial charge in [0.05, 0.1) is 0 Å². The Morgan fingerprint density at radius 1 is 1.17 bits per heavy atom. The third kappa shape index (κ3) is 170. The minimum atomic E-state index is -5.39. The quantitative estimate of drug-likeness (QED) is 0.343. The minimum absolute atomic E-state index is 0. The van der Waals surface area contributed by atoms with Gasteiger partial charge in [0, 0.05) is 0 Å². The summed E-state index contributed by atoms with van der Waals surface area (Å²) in [5, 5.41) is 0. The third-order valence-electron chi connectivity index (χ3n) is 0. The zero-order valence-electron chi connectivity index (χ0n) is 2.46. The second kappa shape index (κ2) is 2.71. The molecule has 0 aliphatic rings. The predicted octanol–water partition coefficient (Wildman–Crippen LogP) is -5.82. The summed E-state index contributed by atoms with van der Waals surface area (Å²) in [4.78, 5) is 25.6. The molecule has 0 rings (SSSR count). The van der Waals surface area contributed by atoms with Crippen LogP contribution in [0.2, 0.25) is 0 Å². The van der Waals surface area contributed by atoms with Crippen molar-refractivity contribution in [2.75, 3.05) is 0 Å². The molecule has 0 aromatic rings. The molecular weight excluding hydrogens is 175 g/mol. The molecule has 0 aromatic carbocycles. The standard InChI is InChI=1S/BrH.H3O4P/c;1-5(2,3)4/h1H;(H3,1,2,3,4)/p-4. The van der Waals surface area contributed by atoms with Crippen LogP contribution < -0.4 is 31.7 Å². The molecule has 0 aromatic heterocycles. The van der Waals surface area contributed by atoms with Gasteiger partial charge in [-0.3, -0.25) is 0 Å². The second-order valence-corrected chi connectivity index (χ2v) is 1.34. The lowest BCUT2D eigenvalue weighted by Crippen LogP contribution is -3.00. The van der Waals surface area contributed by atoms with Crippen LogP contribution in [0, 0.1) is 0 Å². The fraction of sp³-hybridized carbons (Fsp3) is 0. The zero-order chi connectivity index (χ0) is 4.50. The molecule has 0 heterocycles. The van der Waals surface area contributed by atoms with E-state index in [0.29, 0.717) is 0 Å². The molecule has 0 saturated carbocycles. The lowest BCUT2D eigenvalue weighted by Gasteiger charge is -2.36. The topological polar surface area (TPSA) is 86.2 Å². The van der Waals surface area contributed by atoms with Crippen molar-refractivity contribution < 1.29 is 36.2 Å². The second-order valence-electron chi connectivity index (χ2n) is 0.447. The van der Waals surface area contributed by atoms with Crippen molar-refractivity contribution in [3.63, 3.8) is 0 Å². The van der Waals surface area contributed by atoms with Crippen LogP contribution in [0.3, 0.4) is 0 Å². The van der Waals surface area contributed by atoms with Crippen molar-refractivity contribution in [2.45, 2.75) is 0 Å². The molecule has 0 N–H and O–H groups in total. The Hall–Kier alpha value is 0.590. The zero-order valence-corrected chi connectivity index (χ0v) is 4.94. The monoisotopic (exact) mass is 174 g/mol. The highest BCUT2D eigenvalue weighted by molar-refractivity contribution is 7.40. The summed E-state index contributed by atoms with van der Waals surface area (Å²) in [5.74, 6) is 0. The van der Waals surface area contributed by atoms with Crippen LogP contribution in [-0.2, 0) is 4.57 Å². The molecule has 0 atom stereocenters. The highest BCUT2D eigenvalue weighted by atomic mass is 79.9. The molecule has 0 aliphatic carbocycles. The van der Waals surface area contributed by atoms with Gasteiger partial charge in [0.2, 0.25) is 0 Å². The molecule has 0 spiro atoms. The molecule has 0 fully saturated rings. The summed E-state index contributed by atoms with van der Waals surface area (Å²) < 4.78 is 8.55. The molecule has 4 nitrogen and oxygen atoms in total. The summed E-state index contributed by atoms with van der Waals surface area (Å²) in [6.45, 7) is 0. The van der Waals surface area contributed by atoms with Crippen LogP contribution in [0.25, 0.3) is 0 Å². The van der Waals surface area contributed by atoms with Crippen molar-refractivity contribution in [1.29, 1.82) is 0 Å². The Labute approximate surface area is 44.8 Å². The largest absolute Gasteiger partial charge is 1.00 e. The summed E-state index contributed by atoms with van der Waals surface area (Å²) >= 11 is 0. The van der Waals surface area contributed by atoms with Gasteiger partial charge in [0.25, 0.3) is 0 Å². The van der Waals surface area contributed by atoms with E-state index in [4.69, 9.17) is 19.2 Å². The average molecular weight is 175 g/mol. The summed E-state index contributed by atoms with van der Waals surface area (Å²) in [5.41, 5.74) is 0. The van der Waals surface area contributed by atoms with Crippen LogP contribution in [0.15, 0.2) is 0 Å². The lowest BCUT2D eigenvalue weighted by molar-refractivity contribution is -0.432. The molecule has 0 radical (unpaired) electrons. The lowest BCUT2D eigenvalue weighted by atomic mass is 15.8. The van der Waals surface area contributed by atoms with Gasteiger partial charge in [-0.2, -0.15) is 7.82 Å². The van der Waals surface area contributed by atoms with E-state index in [0.717, 1.165) is 0 Å². The van der Waals surface area contributed by atoms with E-state index in [2.05, 4.69) is 0 Å². The maximum atomic E-state index is 8.55. The van der Waals surface area contributed by atoms with Gasteiger partial charge in [-0.1, -0.05) is 0 Å². The Bertz CT molecular complexity index is 53.7. The summed E-state index contributed by atoms with van der Waals surface area (Å²) in [6, 6.07) is 0. The van der Waals surface area contributed by atoms with E-state index in [-0.39, 0.29) is 17.0 Å². The number of halogens is 1. The Kier molecular flexibility index (Phi) is 4.42. The van der Waals surface area contributed by atoms with E-state index in [1.807, 2.05) is 0 Å². The van der Waals surface area contributed by atoms with Crippen molar-refractivity contribution in [1.82, 2.24) is 0 Å². The first-order chi connectivity index (χ1) is 2.00. The number of phosphoric acid groups is 1. The van der Waals surface area contributed by atoms with Crippen LogP contribution in [0.5, 0.6) is 0 Å². The van der Waals surface area contributed by atoms with Crippen LogP contribution in [-0.4, -0.2) is 0 Å². The van der Waals surface area contributed by atoms with Crippen molar-refractivity contribution in [3.8, 4) is 0 Å². The smallest absolute Gasteiger partial charge is 0.159 e. The number of hydrogen-bond acceptors (Lipinski definition) is 4. The van der Waals surface area contributed by atoms with Gasteiger partial charge in [-0.15, -0.1) is 0 Å². The molecular formula is BrO4P-4. The minimum Gasteiger partial charge on any atom is -1.00 e. The third-order valence-corrected chi connectivity index (χ3v) is 0. The fourth-order valence-electron chi connectivity index (χ4n) is 0. The Morgan fingerprint density at radius 2 is 1.17 bits per heavy atom. The molecule has 6 heteroatoms. The van der Waals surface area contributed by atoms with Crippen molar-refractivity contribution >= 4 is 7.82 Å². The van der Waals surface area contributed by atoms with E-state index >= 15 is 0 Å². The molecule has 0 saturated heterocycles. The molecule has 0 unspecified atom stereocenters. The number of hydrogen-bond donors (Lipinski definition) is 0. The maximum Gasteiger partial charge on any atom is -0.159 e. The van der Waals surface area contributed by atoms with Gasteiger partial charge >= 0.3 is 0 Å². The molecule has 40 valence electrons. The predicted molar refractivity (Wildman–Crippen MR) is 7.61 cm³/mol. The van der Waals surface area contributed by atoms with E-state index in [9.17, 15) is 0 Å². The first-order valence-corrected chi connectivity index (χ1v) is 2.19. The molecule has 0 aliphatic heterocycles. The van der Waals surface area contributed by atoms with Crippen LogP contribution in [0.4, 0.5) is 0 Å².